The number of ketones is 1. The van der Waals surface area contributed by atoms with E-state index in [0.717, 1.165) is 30.4 Å². The number of Topliss-reactive ketones (excluding diaryl/α,β-unsaturated/α-hetero) is 1. The van der Waals surface area contributed by atoms with Crippen molar-refractivity contribution >= 4 is 30.6 Å². The second-order valence-electron chi connectivity index (χ2n) is 16.7. The molecular weight excluding hydrogens is 681 g/mol. The van der Waals surface area contributed by atoms with Crippen LogP contribution >= 0.6 is 0 Å². The molecule has 0 aliphatic carbocycles. The average molecular weight is 746 g/mol. The monoisotopic (exact) mass is 745 g/mol. The number of nitrogens with zero attached hydrogens (tertiary/aromatic N) is 1. The topological polar surface area (TPSA) is 166 Å². The van der Waals surface area contributed by atoms with Crippen LogP contribution in [-0.4, -0.2) is 84.5 Å². The van der Waals surface area contributed by atoms with Crippen molar-refractivity contribution in [3.63, 3.8) is 0 Å². The highest BCUT2D eigenvalue weighted by Crippen LogP contribution is 2.42. The molecule has 0 bridgehead atoms. The molecule has 2 aromatic carbocycles. The predicted molar refractivity (Wildman–Crippen MR) is 213 cm³/mol. The first kappa shape index (κ1) is 43.2. The second-order valence-corrected chi connectivity index (χ2v) is 16.7. The van der Waals surface area contributed by atoms with Gasteiger partial charge in [-0.2, -0.15) is 0 Å². The molecule has 2 fully saturated rings. The lowest BCUT2D eigenvalue weighted by Gasteiger charge is -2.36. The van der Waals surface area contributed by atoms with Gasteiger partial charge in [-0.15, -0.1) is 0 Å². The van der Waals surface area contributed by atoms with Crippen molar-refractivity contribution in [2.45, 2.75) is 134 Å². The van der Waals surface area contributed by atoms with Gasteiger partial charge in [-0.3, -0.25) is 19.2 Å². The summed E-state index contributed by atoms with van der Waals surface area (Å²) in [5.74, 6) is -1.76. The predicted octanol–water partition coefficient (Wildman–Crippen LogP) is 4.60. The first-order valence-corrected chi connectivity index (χ1v) is 19.9. The van der Waals surface area contributed by atoms with Crippen LogP contribution in [0.3, 0.4) is 0 Å². The Hall–Kier alpha value is -3.58. The fourth-order valence-electron chi connectivity index (χ4n) is 7.35. The minimum Gasteiger partial charge on any atom is -0.403 e. The molecule has 5 atom stereocenters. The van der Waals surface area contributed by atoms with E-state index in [0.29, 0.717) is 45.3 Å². The summed E-state index contributed by atoms with van der Waals surface area (Å²) in [4.78, 5) is 57.7. The average Bonchev–Trinajstić information content (AvgIpc) is 3.36. The van der Waals surface area contributed by atoms with Crippen LogP contribution in [0.1, 0.15) is 97.6 Å². The Labute approximate surface area is 323 Å². The Bertz CT molecular complexity index is 1510. The van der Waals surface area contributed by atoms with Gasteiger partial charge in [-0.25, -0.2) is 0 Å². The largest absolute Gasteiger partial charge is 0.462 e. The Kier molecular flexibility index (Phi) is 15.9. The van der Waals surface area contributed by atoms with E-state index < -0.39 is 48.3 Å². The first-order chi connectivity index (χ1) is 25.6. The molecule has 2 saturated heterocycles. The summed E-state index contributed by atoms with van der Waals surface area (Å²) in [5, 5.41) is 5.99. The van der Waals surface area contributed by atoms with E-state index in [9.17, 15) is 19.2 Å². The van der Waals surface area contributed by atoms with Crippen LogP contribution in [0.15, 0.2) is 60.7 Å². The van der Waals surface area contributed by atoms with Gasteiger partial charge >= 0.3 is 7.12 Å². The maximum Gasteiger partial charge on any atom is 0.462 e. The van der Waals surface area contributed by atoms with E-state index in [2.05, 4.69) is 10.6 Å². The molecule has 0 saturated carbocycles. The number of nitrogens with one attached hydrogen (secondary N) is 2. The summed E-state index contributed by atoms with van der Waals surface area (Å²) in [6.07, 6.45) is 4.44. The van der Waals surface area contributed by atoms with E-state index in [1.54, 1.807) is 0 Å². The van der Waals surface area contributed by atoms with Crippen molar-refractivity contribution in [1.82, 2.24) is 15.5 Å². The fourth-order valence-corrected chi connectivity index (χ4v) is 7.35. The molecule has 2 aliphatic rings. The fraction of sp³-hybridized carbons (Fsp3) is 0.619. The zero-order valence-corrected chi connectivity index (χ0v) is 33.4. The van der Waals surface area contributed by atoms with Gasteiger partial charge in [0.05, 0.1) is 23.3 Å². The summed E-state index contributed by atoms with van der Waals surface area (Å²) in [5.41, 5.74) is 13.0. The van der Waals surface area contributed by atoms with Crippen LogP contribution in [0.25, 0.3) is 0 Å². The highest BCUT2D eigenvalue weighted by atomic mass is 16.7. The molecule has 0 aromatic heterocycles. The molecule has 4 rings (SSSR count). The summed E-state index contributed by atoms with van der Waals surface area (Å²) in [6, 6.07) is 16.5. The molecule has 296 valence electrons. The van der Waals surface area contributed by atoms with Crippen molar-refractivity contribution in [3.8, 4) is 0 Å². The molecule has 3 amide bonds. The summed E-state index contributed by atoms with van der Waals surface area (Å²) >= 11 is 0. The number of nitrogens with two attached hydrogens (primary N) is 2. The smallest absolute Gasteiger partial charge is 0.403 e. The quantitative estimate of drug-likeness (QED) is 0.120. The molecule has 2 heterocycles. The van der Waals surface area contributed by atoms with E-state index in [1.807, 2.05) is 107 Å². The summed E-state index contributed by atoms with van der Waals surface area (Å²) < 4.78 is 12.7. The Morgan fingerprint density at radius 3 is 2.00 bits per heavy atom. The number of carbonyl (C=O) groups excluding carboxylic acids is 4. The van der Waals surface area contributed by atoms with Gasteiger partial charge in [0.1, 0.15) is 6.04 Å². The van der Waals surface area contributed by atoms with E-state index in [1.165, 1.54) is 0 Å². The molecule has 11 nitrogen and oxygen atoms in total. The molecule has 0 radical (unpaired) electrons. The van der Waals surface area contributed by atoms with Crippen molar-refractivity contribution in [2.75, 3.05) is 19.6 Å². The van der Waals surface area contributed by atoms with Crippen LogP contribution in [0.5, 0.6) is 0 Å². The zero-order chi connectivity index (χ0) is 39.5. The molecule has 6 N–H and O–H groups in total. The third kappa shape index (κ3) is 12.2. The van der Waals surface area contributed by atoms with Gasteiger partial charge in [-0.05, 0) is 103 Å². The van der Waals surface area contributed by atoms with Crippen molar-refractivity contribution in [2.24, 2.45) is 23.3 Å². The van der Waals surface area contributed by atoms with Gasteiger partial charge < -0.3 is 36.3 Å². The lowest BCUT2D eigenvalue weighted by molar-refractivity contribution is -0.139. The van der Waals surface area contributed by atoms with Gasteiger partial charge in [0.25, 0.3) is 0 Å². The standard InChI is InChI=1S/C42H64BN5O6/c1-29(2)24-32(27-37(49)36(26-31-18-11-8-12-19-31)47-39(51)34(45)25-30-16-9-7-10-17-30)38(50)46-35(21-13-14-22-44)40(52)48-23-15-20-33(28-48)43-53-41(3,4)42(5,6)54-43/h7-12,16-19,29,32-36H,13-15,20-28,44-45H2,1-6H3,(H,46,50)(H,47,51)/t32-,33?,34+,35+,36+/m0/s1. The highest BCUT2D eigenvalue weighted by molar-refractivity contribution is 6.47. The summed E-state index contributed by atoms with van der Waals surface area (Å²) in [7, 11) is -0.422. The zero-order valence-electron chi connectivity index (χ0n) is 33.4. The molecule has 2 aromatic rings. The lowest BCUT2D eigenvalue weighted by atomic mass is 9.67. The molecule has 12 heteroatoms. The maximum atomic E-state index is 14.2. The summed E-state index contributed by atoms with van der Waals surface area (Å²) in [6.45, 7) is 13.7. The lowest BCUT2D eigenvalue weighted by Crippen LogP contribution is -2.53. The number of carbonyl (C=O) groups is 4. The van der Waals surface area contributed by atoms with Crippen LogP contribution in [-0.2, 0) is 41.3 Å². The van der Waals surface area contributed by atoms with Gasteiger partial charge in [-0.1, -0.05) is 74.5 Å². The number of benzene rings is 2. The number of hydrogen-bond acceptors (Lipinski definition) is 8. The van der Waals surface area contributed by atoms with Gasteiger partial charge in [0.2, 0.25) is 17.7 Å². The van der Waals surface area contributed by atoms with Crippen molar-refractivity contribution < 1.29 is 28.5 Å². The van der Waals surface area contributed by atoms with Crippen LogP contribution in [0.4, 0.5) is 0 Å². The van der Waals surface area contributed by atoms with Gasteiger partial charge in [0.15, 0.2) is 5.78 Å². The van der Waals surface area contributed by atoms with E-state index in [-0.39, 0.29) is 42.2 Å². The highest BCUT2D eigenvalue weighted by Gasteiger charge is 2.54. The number of amides is 3. The number of likely N-dealkylation sites (tertiary alicyclic amines) is 1. The van der Waals surface area contributed by atoms with Crippen LogP contribution in [0.2, 0.25) is 5.82 Å². The molecule has 2 aliphatic heterocycles. The van der Waals surface area contributed by atoms with Crippen molar-refractivity contribution in [3.05, 3.63) is 71.8 Å². The minimum atomic E-state index is -0.883. The molecule has 1 unspecified atom stereocenters. The van der Waals surface area contributed by atoms with Crippen molar-refractivity contribution in [1.29, 1.82) is 0 Å². The maximum absolute atomic E-state index is 14.2. The third-order valence-electron chi connectivity index (χ3n) is 11.2. The third-order valence-corrected chi connectivity index (χ3v) is 11.2. The molecule has 0 spiro atoms. The Morgan fingerprint density at radius 2 is 1.43 bits per heavy atom. The van der Waals surface area contributed by atoms with E-state index in [4.69, 9.17) is 20.8 Å². The van der Waals surface area contributed by atoms with Crippen LogP contribution < -0.4 is 22.1 Å². The Morgan fingerprint density at radius 1 is 0.852 bits per heavy atom. The normalized spacial score (nSPS) is 20.2. The molecule has 54 heavy (non-hydrogen) atoms. The minimum absolute atomic E-state index is 0.00743. The first-order valence-electron chi connectivity index (χ1n) is 19.9. The number of unbranched alkanes of at least 4 members (excludes halogenated alkanes) is 1. The second kappa shape index (κ2) is 19.8. The number of hydrogen-bond donors (Lipinski definition) is 4. The number of rotatable bonds is 19. The van der Waals surface area contributed by atoms with Gasteiger partial charge in [0, 0.05) is 31.2 Å². The van der Waals surface area contributed by atoms with E-state index >= 15 is 0 Å². The Balaban J connectivity index is 1.48. The number of piperidine rings is 1. The van der Waals surface area contributed by atoms with Crippen LogP contribution in [0, 0.1) is 11.8 Å². The SMILES string of the molecule is CC(C)C[C@@H](CC(=O)[C@@H](Cc1ccccc1)NC(=O)[C@H](N)Cc1ccccc1)C(=O)N[C@H](CCCCN)C(=O)N1CCCC(B2OC(C)(C)C(C)(C)O2)C1. The molecular formula is C42H64BN5O6.